The minimum Gasteiger partial charge on any atom is -0.497 e. The molecule has 2 aromatic carbocycles. The van der Waals surface area contributed by atoms with Crippen molar-refractivity contribution in [2.45, 2.75) is 39.8 Å². The maximum atomic E-state index is 13.2. The van der Waals surface area contributed by atoms with Gasteiger partial charge in [0.2, 0.25) is 0 Å². The van der Waals surface area contributed by atoms with E-state index in [1.165, 1.54) is 14.2 Å². The average molecular weight is 490 g/mol. The van der Waals surface area contributed by atoms with Crippen LogP contribution in [0.25, 0.3) is 11.0 Å². The third-order valence-electron chi connectivity index (χ3n) is 6.74. The van der Waals surface area contributed by atoms with E-state index in [0.717, 1.165) is 28.8 Å². The van der Waals surface area contributed by atoms with Crippen LogP contribution in [0, 0.1) is 0 Å². The van der Waals surface area contributed by atoms with E-state index in [4.69, 9.17) is 19.2 Å². The zero-order valence-electron chi connectivity index (χ0n) is 21.5. The summed E-state index contributed by atoms with van der Waals surface area (Å²) in [5.74, 6) is -0.167. The van der Waals surface area contributed by atoms with Gasteiger partial charge in [0.1, 0.15) is 18.2 Å². The zero-order chi connectivity index (χ0) is 26.0. The first-order valence-electron chi connectivity index (χ1n) is 11.8. The molecule has 4 rings (SSSR count). The van der Waals surface area contributed by atoms with Crippen LogP contribution in [0.4, 0.5) is 0 Å². The molecule has 1 aromatic heterocycles. The van der Waals surface area contributed by atoms with Gasteiger partial charge in [0, 0.05) is 17.8 Å². The number of methoxy groups -OCH3 is 3. The third kappa shape index (κ3) is 4.23. The average Bonchev–Trinajstić information content (AvgIpc) is 3.27. The van der Waals surface area contributed by atoms with E-state index in [-0.39, 0.29) is 0 Å². The topological polar surface area (TPSA) is 82.9 Å². The van der Waals surface area contributed by atoms with Crippen LogP contribution >= 0.6 is 0 Å². The molecule has 8 nitrogen and oxygen atoms in total. The Morgan fingerprint density at radius 3 is 2.14 bits per heavy atom. The number of esters is 2. The fourth-order valence-corrected chi connectivity index (χ4v) is 4.92. The molecule has 1 aliphatic heterocycles. The van der Waals surface area contributed by atoms with Crippen molar-refractivity contribution in [3.63, 3.8) is 0 Å². The van der Waals surface area contributed by atoms with Gasteiger partial charge in [-0.3, -0.25) is 0 Å². The Hall–Kier alpha value is -4.07. The number of ether oxygens (including phenoxy) is 3. The monoisotopic (exact) mass is 489 g/mol. The van der Waals surface area contributed by atoms with E-state index in [1.54, 1.807) is 7.11 Å². The Bertz CT molecular complexity index is 1340. The van der Waals surface area contributed by atoms with E-state index < -0.39 is 17.9 Å². The number of allylic oxidation sites excluding steroid dienone is 2. The lowest BCUT2D eigenvalue weighted by molar-refractivity contribution is -0.137. The summed E-state index contributed by atoms with van der Waals surface area (Å²) in [5, 5.41) is 0. The molecule has 0 bridgehead atoms. The number of carbonyl (C=O) groups excluding carboxylic acids is 2. The van der Waals surface area contributed by atoms with Crippen LogP contribution in [0.2, 0.25) is 0 Å². The van der Waals surface area contributed by atoms with Crippen molar-refractivity contribution >= 4 is 23.0 Å². The van der Waals surface area contributed by atoms with Gasteiger partial charge in [0.05, 0.1) is 49.4 Å². The lowest BCUT2D eigenvalue weighted by Crippen LogP contribution is -2.36. The second-order valence-electron chi connectivity index (χ2n) is 8.56. The predicted molar refractivity (Wildman–Crippen MR) is 136 cm³/mol. The van der Waals surface area contributed by atoms with Crippen LogP contribution in [0.15, 0.2) is 71.1 Å². The summed E-state index contributed by atoms with van der Waals surface area (Å²) in [6.45, 7) is 6.18. The molecule has 0 fully saturated rings. The molecule has 0 saturated carbocycles. The number of hydrogen-bond donors (Lipinski definition) is 0. The normalized spacial score (nSPS) is 14.4. The molecule has 2 heterocycles. The van der Waals surface area contributed by atoms with Gasteiger partial charge in [-0.25, -0.2) is 14.6 Å². The lowest BCUT2D eigenvalue weighted by Gasteiger charge is -2.38. The number of nitrogens with zero attached hydrogens (tertiary/aromatic N) is 3. The van der Waals surface area contributed by atoms with Crippen molar-refractivity contribution < 1.29 is 23.8 Å². The van der Waals surface area contributed by atoms with E-state index >= 15 is 0 Å². The first-order chi connectivity index (χ1) is 17.4. The Morgan fingerprint density at radius 1 is 0.917 bits per heavy atom. The summed E-state index contributed by atoms with van der Waals surface area (Å²) in [7, 11) is 4.27. The van der Waals surface area contributed by atoms with Crippen LogP contribution < -0.4 is 4.74 Å². The number of hydrogen-bond acceptors (Lipinski definition) is 7. The fraction of sp³-hybridized carbons (Fsp3) is 0.321. The molecule has 0 N–H and O–H groups in total. The number of para-hydroxylation sites is 2. The predicted octanol–water partition coefficient (Wildman–Crippen LogP) is 4.56. The van der Waals surface area contributed by atoms with Gasteiger partial charge >= 0.3 is 11.9 Å². The number of carbonyl (C=O) groups is 2. The highest BCUT2D eigenvalue weighted by Gasteiger charge is 2.40. The van der Waals surface area contributed by atoms with Crippen LogP contribution in [-0.2, 0) is 32.2 Å². The number of rotatable bonds is 7. The first-order valence-corrected chi connectivity index (χ1v) is 11.8. The summed E-state index contributed by atoms with van der Waals surface area (Å²) < 4.78 is 18.0. The van der Waals surface area contributed by atoms with Crippen molar-refractivity contribution in [2.75, 3.05) is 21.3 Å². The number of aromatic nitrogens is 2. The van der Waals surface area contributed by atoms with Gasteiger partial charge < -0.3 is 23.7 Å². The number of fused-ring (bicyclic) bond motifs is 1. The Morgan fingerprint density at radius 2 is 1.56 bits per heavy atom. The van der Waals surface area contributed by atoms with Gasteiger partial charge in [0.25, 0.3) is 0 Å². The molecular formula is C28H31N3O5. The molecule has 3 aromatic rings. The van der Waals surface area contributed by atoms with Gasteiger partial charge in [0.15, 0.2) is 0 Å². The number of aryl methyl sites for hydroxylation is 1. The molecule has 0 saturated heterocycles. The highest BCUT2D eigenvalue weighted by atomic mass is 16.5. The quantitative estimate of drug-likeness (QED) is 0.450. The van der Waals surface area contributed by atoms with Crippen LogP contribution in [0.5, 0.6) is 5.75 Å². The molecule has 0 amide bonds. The standard InChI is InChI=1S/C28H31N3O5/c1-7-23-29-21-13-8-9-14-22(21)31(23)16-30-17(2)24(27(32)35-5)26(25(18(30)3)28(33)36-6)19-11-10-12-20(15-19)34-4/h8-15,26H,7,16H2,1-6H3. The van der Waals surface area contributed by atoms with Gasteiger partial charge in [-0.1, -0.05) is 31.2 Å². The first kappa shape index (κ1) is 25.0. The van der Waals surface area contributed by atoms with Crippen molar-refractivity contribution in [3.05, 3.63) is 82.5 Å². The van der Waals surface area contributed by atoms with Crippen LogP contribution in [-0.4, -0.2) is 47.7 Å². The largest absolute Gasteiger partial charge is 0.497 e. The SMILES string of the molecule is CCc1nc2ccccc2n1CN1C(C)=C(C(=O)OC)C(c2cccc(OC)c2)C(C(=O)OC)=C1C. The maximum Gasteiger partial charge on any atom is 0.336 e. The molecule has 8 heteroatoms. The van der Waals surface area contributed by atoms with Crippen molar-refractivity contribution in [1.29, 1.82) is 0 Å². The Balaban J connectivity index is 1.95. The van der Waals surface area contributed by atoms with E-state index in [2.05, 4.69) is 11.5 Å². The lowest BCUT2D eigenvalue weighted by atomic mass is 9.79. The van der Waals surface area contributed by atoms with Gasteiger partial charge in [-0.2, -0.15) is 0 Å². The molecule has 0 atom stereocenters. The molecule has 0 spiro atoms. The van der Waals surface area contributed by atoms with Crippen LogP contribution in [0.1, 0.15) is 38.1 Å². The van der Waals surface area contributed by atoms with E-state index in [9.17, 15) is 9.59 Å². The smallest absolute Gasteiger partial charge is 0.336 e. The van der Waals surface area contributed by atoms with Crippen molar-refractivity contribution in [1.82, 2.24) is 14.5 Å². The number of benzene rings is 2. The van der Waals surface area contributed by atoms with Crippen LogP contribution in [0.3, 0.4) is 0 Å². The summed E-state index contributed by atoms with van der Waals surface area (Å²) in [4.78, 5) is 33.2. The molecule has 188 valence electrons. The summed E-state index contributed by atoms with van der Waals surface area (Å²) >= 11 is 0. The van der Waals surface area contributed by atoms with Gasteiger partial charge in [-0.15, -0.1) is 0 Å². The Kier molecular flexibility index (Phi) is 7.15. The minimum atomic E-state index is -0.679. The second kappa shape index (κ2) is 10.3. The molecule has 0 aliphatic carbocycles. The zero-order valence-corrected chi connectivity index (χ0v) is 21.5. The van der Waals surface area contributed by atoms with Crippen molar-refractivity contribution in [2.24, 2.45) is 0 Å². The third-order valence-corrected chi connectivity index (χ3v) is 6.74. The molecule has 0 unspecified atom stereocenters. The highest BCUT2D eigenvalue weighted by molar-refractivity contribution is 5.99. The van der Waals surface area contributed by atoms with E-state index in [0.29, 0.717) is 35.0 Å². The molecular weight excluding hydrogens is 458 g/mol. The summed E-state index contributed by atoms with van der Waals surface area (Å²) in [5.41, 5.74) is 4.74. The van der Waals surface area contributed by atoms with E-state index in [1.807, 2.05) is 67.3 Å². The summed E-state index contributed by atoms with van der Waals surface area (Å²) in [6, 6.07) is 15.3. The second-order valence-corrected chi connectivity index (χ2v) is 8.56. The van der Waals surface area contributed by atoms with Gasteiger partial charge in [-0.05, 0) is 43.7 Å². The molecule has 0 radical (unpaired) electrons. The number of imidazole rings is 1. The Labute approximate surface area is 210 Å². The molecule has 36 heavy (non-hydrogen) atoms. The fourth-order valence-electron chi connectivity index (χ4n) is 4.92. The molecule has 1 aliphatic rings. The summed E-state index contributed by atoms with van der Waals surface area (Å²) in [6.07, 6.45) is 0.730. The van der Waals surface area contributed by atoms with Crippen molar-refractivity contribution in [3.8, 4) is 5.75 Å². The maximum absolute atomic E-state index is 13.2. The minimum absolute atomic E-state index is 0.368. The highest BCUT2D eigenvalue weighted by Crippen LogP contribution is 2.44.